The SMILES string of the molecule is Cc1ccccc1CC(N)Cc1cn2ccsc2n1. The van der Waals surface area contributed by atoms with Crippen molar-refractivity contribution < 1.29 is 0 Å². The molecular weight excluding hydrogens is 254 g/mol. The summed E-state index contributed by atoms with van der Waals surface area (Å²) in [6.07, 6.45) is 5.83. The largest absolute Gasteiger partial charge is 0.327 e. The summed E-state index contributed by atoms with van der Waals surface area (Å²) in [5.41, 5.74) is 9.97. The average Bonchev–Trinajstić information content (AvgIpc) is 2.92. The van der Waals surface area contributed by atoms with Gasteiger partial charge in [0, 0.05) is 30.2 Å². The molecule has 1 aromatic carbocycles. The monoisotopic (exact) mass is 271 g/mol. The molecule has 0 radical (unpaired) electrons. The summed E-state index contributed by atoms with van der Waals surface area (Å²) in [5.74, 6) is 0. The number of aryl methyl sites for hydroxylation is 1. The highest BCUT2D eigenvalue weighted by atomic mass is 32.1. The lowest BCUT2D eigenvalue weighted by molar-refractivity contribution is 0.654. The Labute approximate surface area is 116 Å². The molecule has 3 nitrogen and oxygen atoms in total. The van der Waals surface area contributed by atoms with Gasteiger partial charge in [0.05, 0.1) is 5.69 Å². The van der Waals surface area contributed by atoms with Crippen molar-refractivity contribution in [2.24, 2.45) is 5.73 Å². The van der Waals surface area contributed by atoms with Crippen LogP contribution in [-0.4, -0.2) is 15.4 Å². The van der Waals surface area contributed by atoms with Crippen molar-refractivity contribution in [2.75, 3.05) is 0 Å². The number of nitrogens with two attached hydrogens (primary N) is 1. The molecule has 1 atom stereocenters. The molecule has 2 N–H and O–H groups in total. The number of thiazole rings is 1. The average molecular weight is 271 g/mol. The van der Waals surface area contributed by atoms with Gasteiger partial charge >= 0.3 is 0 Å². The lowest BCUT2D eigenvalue weighted by atomic mass is 9.99. The van der Waals surface area contributed by atoms with Gasteiger partial charge in [0.25, 0.3) is 0 Å². The van der Waals surface area contributed by atoms with Crippen LogP contribution in [0.15, 0.2) is 42.0 Å². The van der Waals surface area contributed by atoms with Gasteiger partial charge < -0.3 is 5.73 Å². The first-order chi connectivity index (χ1) is 9.22. The summed E-state index contributed by atoms with van der Waals surface area (Å²) in [6, 6.07) is 8.54. The number of benzene rings is 1. The molecule has 3 rings (SSSR count). The van der Waals surface area contributed by atoms with Crippen LogP contribution in [0.25, 0.3) is 4.96 Å². The van der Waals surface area contributed by atoms with Gasteiger partial charge in [-0.15, -0.1) is 11.3 Å². The first-order valence-electron chi connectivity index (χ1n) is 6.43. The molecular formula is C15H17N3S. The maximum absolute atomic E-state index is 6.25. The maximum Gasteiger partial charge on any atom is 0.193 e. The van der Waals surface area contributed by atoms with E-state index < -0.39 is 0 Å². The molecule has 0 saturated carbocycles. The van der Waals surface area contributed by atoms with Crippen LogP contribution >= 0.6 is 11.3 Å². The fourth-order valence-electron chi connectivity index (χ4n) is 2.34. The standard InChI is InChI=1S/C15H17N3S/c1-11-4-2-3-5-12(11)8-13(16)9-14-10-18-6-7-19-15(18)17-14/h2-7,10,13H,8-9,16H2,1H3. The summed E-state index contributed by atoms with van der Waals surface area (Å²) in [7, 11) is 0. The lowest BCUT2D eigenvalue weighted by Crippen LogP contribution is -2.26. The topological polar surface area (TPSA) is 43.3 Å². The third-order valence-electron chi connectivity index (χ3n) is 3.36. The molecule has 1 unspecified atom stereocenters. The third kappa shape index (κ3) is 2.69. The second kappa shape index (κ2) is 5.15. The van der Waals surface area contributed by atoms with Gasteiger partial charge in [0.2, 0.25) is 0 Å². The summed E-state index contributed by atoms with van der Waals surface area (Å²) in [4.78, 5) is 5.62. The lowest BCUT2D eigenvalue weighted by Gasteiger charge is -2.12. The van der Waals surface area contributed by atoms with Crippen LogP contribution in [0.5, 0.6) is 0 Å². The van der Waals surface area contributed by atoms with E-state index in [9.17, 15) is 0 Å². The molecule has 2 aromatic heterocycles. The number of rotatable bonds is 4. The third-order valence-corrected chi connectivity index (χ3v) is 4.13. The van der Waals surface area contributed by atoms with Gasteiger partial charge in [-0.05, 0) is 24.5 Å². The number of hydrogen-bond acceptors (Lipinski definition) is 3. The molecule has 98 valence electrons. The highest BCUT2D eigenvalue weighted by Gasteiger charge is 2.10. The van der Waals surface area contributed by atoms with Gasteiger partial charge in [0.1, 0.15) is 0 Å². The van der Waals surface area contributed by atoms with E-state index in [0.717, 1.165) is 23.5 Å². The minimum Gasteiger partial charge on any atom is -0.327 e. The molecule has 0 spiro atoms. The number of nitrogens with zero attached hydrogens (tertiary/aromatic N) is 2. The second-order valence-electron chi connectivity index (χ2n) is 4.92. The Morgan fingerprint density at radius 2 is 2.16 bits per heavy atom. The zero-order valence-corrected chi connectivity index (χ0v) is 11.7. The number of fused-ring (bicyclic) bond motifs is 1. The Balaban J connectivity index is 1.70. The van der Waals surface area contributed by atoms with Crippen LogP contribution in [0.2, 0.25) is 0 Å². The van der Waals surface area contributed by atoms with Gasteiger partial charge in [-0.1, -0.05) is 24.3 Å². The van der Waals surface area contributed by atoms with E-state index in [2.05, 4.69) is 46.8 Å². The van der Waals surface area contributed by atoms with E-state index in [1.165, 1.54) is 11.1 Å². The fraction of sp³-hybridized carbons (Fsp3) is 0.267. The molecule has 3 aromatic rings. The normalized spacial score (nSPS) is 12.9. The highest BCUT2D eigenvalue weighted by molar-refractivity contribution is 7.15. The summed E-state index contributed by atoms with van der Waals surface area (Å²) in [6.45, 7) is 2.13. The molecule has 0 amide bonds. The molecule has 4 heteroatoms. The van der Waals surface area contributed by atoms with Crippen molar-refractivity contribution in [3.8, 4) is 0 Å². The zero-order valence-electron chi connectivity index (χ0n) is 10.9. The number of imidazole rings is 1. The molecule has 0 bridgehead atoms. The minimum absolute atomic E-state index is 0.116. The fourth-order valence-corrected chi connectivity index (χ4v) is 3.06. The van der Waals surface area contributed by atoms with Crippen LogP contribution in [0.1, 0.15) is 16.8 Å². The molecule has 0 fully saturated rings. The van der Waals surface area contributed by atoms with Crippen LogP contribution in [0.4, 0.5) is 0 Å². The molecule has 2 heterocycles. The zero-order chi connectivity index (χ0) is 13.2. The van der Waals surface area contributed by atoms with Gasteiger partial charge in [-0.2, -0.15) is 0 Å². The molecule has 0 aliphatic carbocycles. The second-order valence-corrected chi connectivity index (χ2v) is 5.79. The Morgan fingerprint density at radius 3 is 2.95 bits per heavy atom. The van der Waals surface area contributed by atoms with Crippen molar-refractivity contribution in [2.45, 2.75) is 25.8 Å². The Kier molecular flexibility index (Phi) is 3.36. The molecule has 0 aliphatic rings. The number of aromatic nitrogens is 2. The maximum atomic E-state index is 6.25. The number of hydrogen-bond donors (Lipinski definition) is 1. The van der Waals surface area contributed by atoms with E-state index >= 15 is 0 Å². The van der Waals surface area contributed by atoms with E-state index in [-0.39, 0.29) is 6.04 Å². The van der Waals surface area contributed by atoms with E-state index in [0.29, 0.717) is 0 Å². The quantitative estimate of drug-likeness (QED) is 0.793. The van der Waals surface area contributed by atoms with Crippen LogP contribution < -0.4 is 5.73 Å². The van der Waals surface area contributed by atoms with E-state index in [1.54, 1.807) is 11.3 Å². The Hall–Kier alpha value is -1.65. The van der Waals surface area contributed by atoms with Crippen molar-refractivity contribution in [3.63, 3.8) is 0 Å². The van der Waals surface area contributed by atoms with Crippen molar-refractivity contribution >= 4 is 16.3 Å². The van der Waals surface area contributed by atoms with Crippen LogP contribution in [-0.2, 0) is 12.8 Å². The summed E-state index contributed by atoms with van der Waals surface area (Å²) < 4.78 is 2.06. The van der Waals surface area contributed by atoms with Crippen molar-refractivity contribution in [3.05, 3.63) is 58.9 Å². The summed E-state index contributed by atoms with van der Waals surface area (Å²) >= 11 is 1.65. The molecule has 0 aliphatic heterocycles. The predicted octanol–water partition coefficient (Wildman–Crippen LogP) is 2.82. The summed E-state index contributed by atoms with van der Waals surface area (Å²) in [5, 5.41) is 2.04. The highest BCUT2D eigenvalue weighted by Crippen LogP contribution is 2.14. The van der Waals surface area contributed by atoms with Crippen molar-refractivity contribution in [1.82, 2.24) is 9.38 Å². The first kappa shape index (κ1) is 12.4. The smallest absolute Gasteiger partial charge is 0.193 e. The minimum atomic E-state index is 0.116. The van der Waals surface area contributed by atoms with E-state index in [1.807, 2.05) is 11.6 Å². The molecule has 19 heavy (non-hydrogen) atoms. The first-order valence-corrected chi connectivity index (χ1v) is 7.31. The van der Waals surface area contributed by atoms with Crippen LogP contribution in [0, 0.1) is 6.92 Å². The van der Waals surface area contributed by atoms with E-state index in [4.69, 9.17) is 5.73 Å². The molecule has 0 saturated heterocycles. The van der Waals surface area contributed by atoms with Gasteiger partial charge in [-0.25, -0.2) is 4.98 Å². The van der Waals surface area contributed by atoms with Crippen molar-refractivity contribution in [1.29, 1.82) is 0 Å². The van der Waals surface area contributed by atoms with Gasteiger partial charge in [0.15, 0.2) is 4.96 Å². The Morgan fingerprint density at radius 1 is 1.32 bits per heavy atom. The Bertz CT molecular complexity index is 655. The van der Waals surface area contributed by atoms with Crippen LogP contribution in [0.3, 0.4) is 0 Å². The van der Waals surface area contributed by atoms with Gasteiger partial charge in [-0.3, -0.25) is 4.40 Å². The predicted molar refractivity (Wildman–Crippen MR) is 79.6 cm³/mol.